The van der Waals surface area contributed by atoms with E-state index in [2.05, 4.69) is 0 Å². The van der Waals surface area contributed by atoms with Crippen LogP contribution in [0.25, 0.3) is 0 Å². The van der Waals surface area contributed by atoms with Crippen molar-refractivity contribution in [2.45, 2.75) is 52.9 Å². The summed E-state index contributed by atoms with van der Waals surface area (Å²) in [5, 5.41) is 19.9. The molecule has 1 aliphatic carbocycles. The van der Waals surface area contributed by atoms with Gasteiger partial charge in [-0.3, -0.25) is 4.79 Å². The summed E-state index contributed by atoms with van der Waals surface area (Å²) in [5.41, 5.74) is 0.702. The van der Waals surface area contributed by atoms with E-state index in [1.54, 1.807) is 26.0 Å². The highest BCUT2D eigenvalue weighted by molar-refractivity contribution is 5.87. The molecule has 6 nitrogen and oxygen atoms in total. The van der Waals surface area contributed by atoms with Crippen molar-refractivity contribution in [2.75, 3.05) is 6.61 Å². The maximum Gasteiger partial charge on any atom is 0.333 e. The molecule has 130 valence electrons. The van der Waals surface area contributed by atoms with Gasteiger partial charge in [-0.1, -0.05) is 19.9 Å². The lowest BCUT2D eigenvalue weighted by atomic mass is 9.76. The Morgan fingerprint density at radius 1 is 1.30 bits per heavy atom. The minimum Gasteiger partial charge on any atom is -0.458 e. The number of carbonyl (C=O) groups is 2. The van der Waals surface area contributed by atoms with E-state index in [9.17, 15) is 19.8 Å². The van der Waals surface area contributed by atoms with Crippen molar-refractivity contribution in [3.8, 4) is 0 Å². The molecular weight excluding hydrogens is 300 g/mol. The van der Waals surface area contributed by atoms with Crippen molar-refractivity contribution in [3.63, 3.8) is 0 Å². The van der Waals surface area contributed by atoms with Crippen molar-refractivity contribution in [1.82, 2.24) is 0 Å². The summed E-state index contributed by atoms with van der Waals surface area (Å²) in [7, 11) is 0. The summed E-state index contributed by atoms with van der Waals surface area (Å²) in [6, 6.07) is 0. The molecule has 6 heteroatoms. The molecule has 0 heterocycles. The minimum atomic E-state index is -1.13. The third-order valence-corrected chi connectivity index (χ3v) is 4.08. The van der Waals surface area contributed by atoms with E-state index in [1.165, 1.54) is 6.92 Å². The fraction of sp³-hybridized carbons (Fsp3) is 0.647. The molecule has 4 atom stereocenters. The smallest absolute Gasteiger partial charge is 0.333 e. The molecule has 23 heavy (non-hydrogen) atoms. The number of carbonyl (C=O) groups excluding carboxylic acids is 2. The van der Waals surface area contributed by atoms with Crippen LogP contribution in [0.1, 0.15) is 34.6 Å². The molecular formula is C17H26O6. The fourth-order valence-corrected chi connectivity index (χ4v) is 2.72. The molecule has 0 spiro atoms. The van der Waals surface area contributed by atoms with Crippen LogP contribution in [0.3, 0.4) is 0 Å². The van der Waals surface area contributed by atoms with E-state index in [0.717, 1.165) is 0 Å². The van der Waals surface area contributed by atoms with Gasteiger partial charge in [0.2, 0.25) is 0 Å². The van der Waals surface area contributed by atoms with Gasteiger partial charge in [0.1, 0.15) is 18.3 Å². The monoisotopic (exact) mass is 326 g/mol. The van der Waals surface area contributed by atoms with Crippen LogP contribution in [-0.2, 0) is 19.1 Å². The molecule has 0 unspecified atom stereocenters. The van der Waals surface area contributed by atoms with Gasteiger partial charge in [0.05, 0.1) is 6.61 Å². The van der Waals surface area contributed by atoms with Gasteiger partial charge in [0.15, 0.2) is 0 Å². The van der Waals surface area contributed by atoms with E-state index in [0.29, 0.717) is 5.57 Å². The van der Waals surface area contributed by atoms with Gasteiger partial charge in [-0.05, 0) is 31.4 Å². The first-order chi connectivity index (χ1) is 10.7. The highest BCUT2D eigenvalue weighted by Gasteiger charge is 2.44. The molecule has 0 fully saturated rings. The molecule has 0 amide bonds. The minimum absolute atomic E-state index is 0.0193. The summed E-state index contributed by atoms with van der Waals surface area (Å²) in [6.45, 7) is 8.02. The van der Waals surface area contributed by atoms with E-state index < -0.39 is 42.8 Å². The average molecular weight is 326 g/mol. The topological polar surface area (TPSA) is 93.1 Å². The molecule has 1 aliphatic rings. The van der Waals surface area contributed by atoms with Gasteiger partial charge in [0, 0.05) is 18.4 Å². The Balaban J connectivity index is 3.19. The number of hydrogen-bond acceptors (Lipinski definition) is 6. The van der Waals surface area contributed by atoms with E-state index in [4.69, 9.17) is 9.47 Å². The van der Waals surface area contributed by atoms with Gasteiger partial charge in [-0.15, -0.1) is 0 Å². The van der Waals surface area contributed by atoms with E-state index >= 15 is 0 Å². The zero-order valence-electron chi connectivity index (χ0n) is 14.3. The Labute approximate surface area is 136 Å². The largest absolute Gasteiger partial charge is 0.458 e. The maximum absolute atomic E-state index is 12.1. The number of aliphatic hydroxyl groups is 2. The Morgan fingerprint density at radius 3 is 2.35 bits per heavy atom. The summed E-state index contributed by atoms with van der Waals surface area (Å²) < 4.78 is 10.8. The number of allylic oxidation sites excluding steroid dienone is 1. The lowest BCUT2D eigenvalue weighted by Gasteiger charge is -2.40. The summed E-state index contributed by atoms with van der Waals surface area (Å²) in [5.74, 6) is -1.43. The molecule has 0 aromatic carbocycles. The van der Waals surface area contributed by atoms with Crippen LogP contribution >= 0.6 is 0 Å². The highest BCUT2D eigenvalue weighted by atomic mass is 16.6. The fourth-order valence-electron chi connectivity index (χ4n) is 2.72. The Bertz CT molecular complexity index is 505. The summed E-state index contributed by atoms with van der Waals surface area (Å²) in [6.07, 6.45) is 0.473. The first-order valence-corrected chi connectivity index (χ1v) is 7.73. The third kappa shape index (κ3) is 4.65. The molecule has 0 aromatic rings. The molecule has 0 aromatic heterocycles. The zero-order valence-corrected chi connectivity index (χ0v) is 14.3. The Kier molecular flexibility index (Phi) is 6.97. The first kappa shape index (κ1) is 19.4. The van der Waals surface area contributed by atoms with Gasteiger partial charge in [-0.2, -0.15) is 0 Å². The number of hydrogen-bond donors (Lipinski definition) is 2. The van der Waals surface area contributed by atoms with Crippen molar-refractivity contribution < 1.29 is 29.3 Å². The molecule has 0 bridgehead atoms. The van der Waals surface area contributed by atoms with Crippen LogP contribution in [0.2, 0.25) is 0 Å². The zero-order chi connectivity index (χ0) is 17.7. The second kappa shape index (κ2) is 8.26. The molecule has 0 aliphatic heterocycles. The van der Waals surface area contributed by atoms with Crippen molar-refractivity contribution in [3.05, 3.63) is 23.3 Å². The van der Waals surface area contributed by atoms with Gasteiger partial charge >= 0.3 is 11.9 Å². The predicted octanol–water partition coefficient (Wildman–Crippen LogP) is 1.36. The highest BCUT2D eigenvalue weighted by Crippen LogP contribution is 2.34. The Hall–Kier alpha value is -1.66. The van der Waals surface area contributed by atoms with Gasteiger partial charge in [-0.25, -0.2) is 4.79 Å². The van der Waals surface area contributed by atoms with Gasteiger partial charge < -0.3 is 19.7 Å². The number of rotatable bonds is 5. The van der Waals surface area contributed by atoms with Crippen molar-refractivity contribution in [2.24, 2.45) is 11.8 Å². The van der Waals surface area contributed by atoms with E-state index in [-0.39, 0.29) is 11.5 Å². The lowest BCUT2D eigenvalue weighted by Crippen LogP contribution is -2.50. The third-order valence-electron chi connectivity index (χ3n) is 4.08. The first-order valence-electron chi connectivity index (χ1n) is 7.73. The lowest BCUT2D eigenvalue weighted by molar-refractivity contribution is -0.167. The predicted molar refractivity (Wildman–Crippen MR) is 84.4 cm³/mol. The number of aliphatic hydroxyl groups excluding tert-OH is 2. The summed E-state index contributed by atoms with van der Waals surface area (Å²) in [4.78, 5) is 23.4. The quantitative estimate of drug-likeness (QED) is 0.450. The van der Waals surface area contributed by atoms with Gasteiger partial charge in [0.25, 0.3) is 0 Å². The van der Waals surface area contributed by atoms with Crippen LogP contribution in [-0.4, -0.2) is 47.1 Å². The van der Waals surface area contributed by atoms with Crippen LogP contribution in [0, 0.1) is 11.8 Å². The standard InChI is InChI=1S/C17H26O6/c1-6-10(4)17(21)23-16-14(9(2)3)13(22-11(5)19)7-12(8-18)15(16)20/h6-7,9,13-16,18,20H,8H2,1-5H3/b10-6+/t13-,14-,15-,16+/m0/s1. The number of esters is 2. The summed E-state index contributed by atoms with van der Waals surface area (Å²) >= 11 is 0. The SMILES string of the molecule is C/C=C(\C)C(=O)O[C@@H]1[C@@H](C(C)C)[C@@H](OC(C)=O)C=C(CO)[C@@H]1O. The van der Waals surface area contributed by atoms with Crippen LogP contribution in [0.5, 0.6) is 0 Å². The van der Waals surface area contributed by atoms with E-state index in [1.807, 2.05) is 13.8 Å². The second-order valence-corrected chi connectivity index (χ2v) is 6.08. The molecule has 0 saturated carbocycles. The van der Waals surface area contributed by atoms with Crippen LogP contribution < -0.4 is 0 Å². The van der Waals surface area contributed by atoms with Crippen LogP contribution in [0.4, 0.5) is 0 Å². The van der Waals surface area contributed by atoms with Crippen molar-refractivity contribution in [1.29, 1.82) is 0 Å². The molecule has 1 rings (SSSR count). The maximum atomic E-state index is 12.1. The molecule has 0 radical (unpaired) electrons. The molecule has 2 N–H and O–H groups in total. The number of ether oxygens (including phenoxy) is 2. The average Bonchev–Trinajstić information content (AvgIpc) is 2.48. The molecule has 0 saturated heterocycles. The van der Waals surface area contributed by atoms with Crippen LogP contribution in [0.15, 0.2) is 23.3 Å². The second-order valence-electron chi connectivity index (χ2n) is 6.08. The normalized spacial score (nSPS) is 28.3. The van der Waals surface area contributed by atoms with Crippen molar-refractivity contribution >= 4 is 11.9 Å². The Morgan fingerprint density at radius 2 is 1.91 bits per heavy atom.